The zero-order chi connectivity index (χ0) is 17.4. The van der Waals surface area contributed by atoms with Crippen molar-refractivity contribution in [3.05, 3.63) is 51.7 Å². The molecule has 9 heteroatoms. The van der Waals surface area contributed by atoms with Crippen molar-refractivity contribution in [1.29, 1.82) is 0 Å². The van der Waals surface area contributed by atoms with Crippen LogP contribution in [0.5, 0.6) is 0 Å². The first kappa shape index (κ1) is 15.6. The summed E-state index contributed by atoms with van der Waals surface area (Å²) in [6, 6.07) is 11.0. The van der Waals surface area contributed by atoms with E-state index in [1.807, 2.05) is 34.1 Å². The fraction of sp³-hybridized carbons (Fsp3) is 0.250. The second-order valence-electron chi connectivity index (χ2n) is 5.67. The maximum atomic E-state index is 11.2. The Hall–Kier alpha value is -2.87. The summed E-state index contributed by atoms with van der Waals surface area (Å²) in [7, 11) is 0. The van der Waals surface area contributed by atoms with Crippen LogP contribution in [0, 0.1) is 10.1 Å². The summed E-state index contributed by atoms with van der Waals surface area (Å²) in [6.45, 7) is 2.37. The molecule has 1 fully saturated rings. The lowest BCUT2D eigenvalue weighted by Crippen LogP contribution is -2.47. The van der Waals surface area contributed by atoms with Crippen molar-refractivity contribution < 1.29 is 9.34 Å². The Labute approximate surface area is 147 Å². The molecule has 1 saturated heterocycles. The summed E-state index contributed by atoms with van der Waals surface area (Å²) in [4.78, 5) is 23.3. The molecule has 0 spiro atoms. The number of para-hydroxylation sites is 2. The fourth-order valence-corrected chi connectivity index (χ4v) is 3.04. The lowest BCUT2D eigenvalue weighted by molar-refractivity contribution is -0.384. The second kappa shape index (κ2) is 6.21. The number of piperazine rings is 1. The van der Waals surface area contributed by atoms with Crippen molar-refractivity contribution in [2.75, 3.05) is 36.0 Å². The maximum absolute atomic E-state index is 11.2. The van der Waals surface area contributed by atoms with Gasteiger partial charge < -0.3 is 14.2 Å². The molecule has 4 rings (SSSR count). The van der Waals surface area contributed by atoms with Gasteiger partial charge in [0.25, 0.3) is 6.01 Å². The minimum absolute atomic E-state index is 0.0419. The topological polar surface area (TPSA) is 88.5 Å². The standard InChI is InChI=1S/C16H14ClN5O3/c17-14-6-5-12(22(23)24)15(19-14)20-7-9-21(10-8-20)16-18-11-3-1-2-4-13(11)25-16/h1-6H,7-10H2. The van der Waals surface area contributed by atoms with Gasteiger partial charge in [0.15, 0.2) is 5.58 Å². The monoisotopic (exact) mass is 359 g/mol. The number of hydrogen-bond donors (Lipinski definition) is 0. The third kappa shape index (κ3) is 2.96. The van der Waals surface area contributed by atoms with E-state index in [1.54, 1.807) is 0 Å². The Balaban J connectivity index is 1.53. The van der Waals surface area contributed by atoms with Crippen molar-refractivity contribution >= 4 is 40.2 Å². The number of fused-ring (bicyclic) bond motifs is 1. The zero-order valence-corrected chi connectivity index (χ0v) is 13.9. The Morgan fingerprint density at radius 1 is 1.04 bits per heavy atom. The highest BCUT2D eigenvalue weighted by atomic mass is 35.5. The molecule has 0 unspecified atom stereocenters. The quantitative estimate of drug-likeness (QED) is 0.403. The SMILES string of the molecule is O=[N+]([O-])c1ccc(Cl)nc1N1CCN(c2nc3ccccc3o2)CC1. The predicted octanol–water partition coefficient (Wildman–Crippen LogP) is 3.11. The maximum Gasteiger partial charge on any atom is 0.311 e. The van der Waals surface area contributed by atoms with E-state index >= 15 is 0 Å². The molecule has 128 valence electrons. The zero-order valence-electron chi connectivity index (χ0n) is 13.1. The fourth-order valence-electron chi connectivity index (χ4n) is 2.90. The first-order valence-corrected chi connectivity index (χ1v) is 8.16. The summed E-state index contributed by atoms with van der Waals surface area (Å²) in [5.41, 5.74) is 1.51. The van der Waals surface area contributed by atoms with Gasteiger partial charge in [-0.25, -0.2) is 4.98 Å². The van der Waals surface area contributed by atoms with E-state index in [4.69, 9.17) is 16.0 Å². The van der Waals surface area contributed by atoms with E-state index in [-0.39, 0.29) is 10.8 Å². The van der Waals surface area contributed by atoms with Gasteiger partial charge >= 0.3 is 5.69 Å². The number of nitro groups is 1. The summed E-state index contributed by atoms with van der Waals surface area (Å²) in [5.74, 6) is 0.301. The highest BCUT2D eigenvalue weighted by Crippen LogP contribution is 2.29. The number of benzene rings is 1. The molecule has 0 saturated carbocycles. The summed E-state index contributed by atoms with van der Waals surface area (Å²) in [6.07, 6.45) is 0. The predicted molar refractivity (Wildman–Crippen MR) is 94.3 cm³/mol. The van der Waals surface area contributed by atoms with Crippen molar-refractivity contribution in [3.63, 3.8) is 0 Å². The highest BCUT2D eigenvalue weighted by molar-refractivity contribution is 6.29. The van der Waals surface area contributed by atoms with Crippen LogP contribution in [-0.2, 0) is 0 Å². The van der Waals surface area contributed by atoms with Gasteiger partial charge in [-0.2, -0.15) is 4.98 Å². The Bertz CT molecular complexity index is 903. The number of pyridine rings is 1. The van der Waals surface area contributed by atoms with Gasteiger partial charge in [0.1, 0.15) is 10.7 Å². The van der Waals surface area contributed by atoms with E-state index < -0.39 is 4.92 Å². The average Bonchev–Trinajstić information content (AvgIpc) is 3.05. The Kier molecular flexibility index (Phi) is 3.89. The van der Waals surface area contributed by atoms with Crippen LogP contribution in [0.1, 0.15) is 0 Å². The molecular formula is C16H14ClN5O3. The number of oxazole rings is 1. The van der Waals surface area contributed by atoms with Crippen LogP contribution in [0.15, 0.2) is 40.8 Å². The number of hydrogen-bond acceptors (Lipinski definition) is 7. The van der Waals surface area contributed by atoms with Crippen LogP contribution in [0.4, 0.5) is 17.5 Å². The van der Waals surface area contributed by atoms with Gasteiger partial charge in [-0.1, -0.05) is 23.7 Å². The number of anilines is 2. The average molecular weight is 360 g/mol. The van der Waals surface area contributed by atoms with Gasteiger partial charge in [-0.15, -0.1) is 0 Å². The number of rotatable bonds is 3. The first-order valence-electron chi connectivity index (χ1n) is 7.78. The van der Waals surface area contributed by atoms with E-state index in [9.17, 15) is 10.1 Å². The molecule has 1 aliphatic rings. The number of halogens is 1. The number of aromatic nitrogens is 2. The minimum atomic E-state index is -0.439. The van der Waals surface area contributed by atoms with Gasteiger partial charge in [0.2, 0.25) is 5.82 Å². The molecule has 8 nitrogen and oxygen atoms in total. The molecule has 25 heavy (non-hydrogen) atoms. The molecule has 0 N–H and O–H groups in total. The minimum Gasteiger partial charge on any atom is -0.423 e. The normalized spacial score (nSPS) is 14.9. The van der Waals surface area contributed by atoms with E-state index in [1.165, 1.54) is 12.1 Å². The third-order valence-electron chi connectivity index (χ3n) is 4.15. The van der Waals surface area contributed by atoms with Crippen molar-refractivity contribution in [3.8, 4) is 0 Å². The molecule has 0 atom stereocenters. The van der Waals surface area contributed by atoms with Crippen LogP contribution in [0.2, 0.25) is 5.15 Å². The van der Waals surface area contributed by atoms with Crippen molar-refractivity contribution in [2.24, 2.45) is 0 Å². The van der Waals surface area contributed by atoms with E-state index in [0.717, 1.165) is 11.1 Å². The lowest BCUT2D eigenvalue weighted by atomic mass is 10.3. The van der Waals surface area contributed by atoms with Crippen LogP contribution in [0.25, 0.3) is 11.1 Å². The van der Waals surface area contributed by atoms with Gasteiger partial charge in [0, 0.05) is 32.2 Å². The molecule has 3 heterocycles. The summed E-state index contributed by atoms with van der Waals surface area (Å²) < 4.78 is 5.78. The summed E-state index contributed by atoms with van der Waals surface area (Å²) in [5, 5.41) is 11.5. The highest BCUT2D eigenvalue weighted by Gasteiger charge is 2.27. The van der Waals surface area contributed by atoms with E-state index in [0.29, 0.717) is 38.0 Å². The molecule has 1 aliphatic heterocycles. The molecule has 2 aromatic heterocycles. The van der Waals surface area contributed by atoms with Crippen LogP contribution < -0.4 is 9.80 Å². The van der Waals surface area contributed by atoms with Crippen molar-refractivity contribution in [1.82, 2.24) is 9.97 Å². The van der Waals surface area contributed by atoms with Gasteiger partial charge in [0.05, 0.1) is 4.92 Å². The second-order valence-corrected chi connectivity index (χ2v) is 6.06. The molecule has 0 bridgehead atoms. The number of nitrogens with zero attached hydrogens (tertiary/aromatic N) is 5. The molecule has 0 radical (unpaired) electrons. The van der Waals surface area contributed by atoms with Crippen molar-refractivity contribution in [2.45, 2.75) is 0 Å². The molecule has 3 aromatic rings. The third-order valence-corrected chi connectivity index (χ3v) is 4.36. The smallest absolute Gasteiger partial charge is 0.311 e. The molecule has 0 aliphatic carbocycles. The first-order chi connectivity index (χ1) is 12.1. The lowest BCUT2D eigenvalue weighted by Gasteiger charge is -2.34. The Morgan fingerprint density at radius 3 is 2.48 bits per heavy atom. The Morgan fingerprint density at radius 2 is 1.76 bits per heavy atom. The van der Waals surface area contributed by atoms with Crippen LogP contribution in [0.3, 0.4) is 0 Å². The van der Waals surface area contributed by atoms with Gasteiger partial charge in [-0.05, 0) is 18.2 Å². The molecular weight excluding hydrogens is 346 g/mol. The van der Waals surface area contributed by atoms with Crippen LogP contribution >= 0.6 is 11.6 Å². The van der Waals surface area contributed by atoms with E-state index in [2.05, 4.69) is 9.97 Å². The summed E-state index contributed by atoms with van der Waals surface area (Å²) >= 11 is 5.91. The largest absolute Gasteiger partial charge is 0.423 e. The molecule has 0 amide bonds. The van der Waals surface area contributed by atoms with Gasteiger partial charge in [-0.3, -0.25) is 10.1 Å². The van der Waals surface area contributed by atoms with Crippen LogP contribution in [-0.4, -0.2) is 41.1 Å². The molecule has 1 aromatic carbocycles.